The predicted octanol–water partition coefficient (Wildman–Crippen LogP) is 3.93. The first kappa shape index (κ1) is 17.8. The van der Waals surface area contributed by atoms with Gasteiger partial charge in [0.1, 0.15) is 10.8 Å². The van der Waals surface area contributed by atoms with Gasteiger partial charge in [0, 0.05) is 17.7 Å². The van der Waals surface area contributed by atoms with Crippen LogP contribution in [-0.2, 0) is 11.3 Å². The number of aromatic nitrogens is 2. The third-order valence-corrected chi connectivity index (χ3v) is 4.41. The summed E-state index contributed by atoms with van der Waals surface area (Å²) in [7, 11) is 0. The van der Waals surface area contributed by atoms with E-state index in [0.29, 0.717) is 13.2 Å². The van der Waals surface area contributed by atoms with E-state index >= 15 is 0 Å². The van der Waals surface area contributed by atoms with Gasteiger partial charge in [-0.1, -0.05) is 18.2 Å². The number of ether oxygens (including phenoxy) is 1. The van der Waals surface area contributed by atoms with Gasteiger partial charge in [-0.3, -0.25) is 9.78 Å². The Morgan fingerprint density at radius 2 is 2.08 bits per heavy atom. The minimum absolute atomic E-state index is 0.161. The van der Waals surface area contributed by atoms with E-state index < -0.39 is 0 Å². The molecule has 6 heteroatoms. The standard InChI is InChI=1S/C20H19N3O2S/c1-2-25-17-9-6-15(7-10-17)8-11-19(24)22-13-16-14-26-20(23-16)18-5-3-4-12-21-18/h3-12,14H,2,13H2,1H3,(H,22,24)/b11-8+. The molecule has 0 bridgehead atoms. The fourth-order valence-corrected chi connectivity index (χ4v) is 3.04. The fourth-order valence-electron chi connectivity index (χ4n) is 2.25. The number of nitrogens with zero attached hydrogens (tertiary/aromatic N) is 2. The molecule has 1 amide bonds. The number of nitrogens with one attached hydrogen (secondary N) is 1. The van der Waals surface area contributed by atoms with E-state index in [0.717, 1.165) is 27.7 Å². The average Bonchev–Trinajstić information content (AvgIpc) is 3.16. The summed E-state index contributed by atoms with van der Waals surface area (Å²) >= 11 is 1.52. The lowest BCUT2D eigenvalue weighted by Gasteiger charge is -2.02. The minimum atomic E-state index is -0.161. The lowest BCUT2D eigenvalue weighted by molar-refractivity contribution is -0.116. The highest BCUT2D eigenvalue weighted by Crippen LogP contribution is 2.21. The summed E-state index contributed by atoms with van der Waals surface area (Å²) in [6, 6.07) is 13.3. The molecule has 0 aliphatic heterocycles. The molecule has 0 saturated heterocycles. The smallest absolute Gasteiger partial charge is 0.244 e. The van der Waals surface area contributed by atoms with Crippen LogP contribution in [-0.4, -0.2) is 22.5 Å². The van der Waals surface area contributed by atoms with Crippen LogP contribution in [0.2, 0.25) is 0 Å². The molecule has 0 aliphatic rings. The van der Waals surface area contributed by atoms with Crippen LogP contribution in [0.1, 0.15) is 18.2 Å². The average molecular weight is 365 g/mol. The topological polar surface area (TPSA) is 64.1 Å². The summed E-state index contributed by atoms with van der Waals surface area (Å²) in [4.78, 5) is 20.8. The number of amides is 1. The first-order chi connectivity index (χ1) is 12.7. The quantitative estimate of drug-likeness (QED) is 0.644. The molecule has 132 valence electrons. The summed E-state index contributed by atoms with van der Waals surface area (Å²) in [6.45, 7) is 2.96. The Morgan fingerprint density at radius 3 is 2.81 bits per heavy atom. The maximum absolute atomic E-state index is 12.0. The first-order valence-electron chi connectivity index (χ1n) is 8.29. The Bertz CT molecular complexity index is 874. The third kappa shape index (κ3) is 5.00. The van der Waals surface area contributed by atoms with E-state index in [-0.39, 0.29) is 5.91 Å². The van der Waals surface area contributed by atoms with Crippen molar-refractivity contribution < 1.29 is 9.53 Å². The van der Waals surface area contributed by atoms with Gasteiger partial charge in [0.25, 0.3) is 0 Å². The molecule has 5 nitrogen and oxygen atoms in total. The van der Waals surface area contributed by atoms with Gasteiger partial charge in [-0.15, -0.1) is 11.3 Å². The number of hydrogen-bond donors (Lipinski definition) is 1. The lowest BCUT2D eigenvalue weighted by atomic mass is 10.2. The molecule has 0 saturated carbocycles. The van der Waals surface area contributed by atoms with Gasteiger partial charge in [0.2, 0.25) is 5.91 Å². The summed E-state index contributed by atoms with van der Waals surface area (Å²) in [6.07, 6.45) is 5.02. The highest BCUT2D eigenvalue weighted by atomic mass is 32.1. The molecule has 2 heterocycles. The molecule has 2 aromatic heterocycles. The van der Waals surface area contributed by atoms with Crippen LogP contribution < -0.4 is 10.1 Å². The van der Waals surface area contributed by atoms with Crippen molar-refractivity contribution in [1.82, 2.24) is 15.3 Å². The number of carbonyl (C=O) groups excluding carboxylic acids is 1. The van der Waals surface area contributed by atoms with E-state index in [1.807, 2.05) is 54.8 Å². The monoisotopic (exact) mass is 365 g/mol. The Hall–Kier alpha value is -2.99. The Labute approximate surface area is 156 Å². The van der Waals surface area contributed by atoms with Crippen LogP contribution in [0.5, 0.6) is 5.75 Å². The van der Waals surface area contributed by atoms with Gasteiger partial charge in [-0.25, -0.2) is 4.98 Å². The second-order valence-electron chi connectivity index (χ2n) is 5.41. The van der Waals surface area contributed by atoms with Gasteiger partial charge in [0.05, 0.1) is 24.5 Å². The zero-order chi connectivity index (χ0) is 18.2. The number of hydrogen-bond acceptors (Lipinski definition) is 5. The summed E-state index contributed by atoms with van der Waals surface area (Å²) in [5, 5.41) is 5.62. The van der Waals surface area contributed by atoms with E-state index in [1.54, 1.807) is 12.3 Å². The molecule has 1 aromatic carbocycles. The zero-order valence-corrected chi connectivity index (χ0v) is 15.2. The molecule has 0 aliphatic carbocycles. The normalized spacial score (nSPS) is 10.8. The molecular formula is C20H19N3O2S. The van der Waals surface area contributed by atoms with Crippen LogP contribution in [0.4, 0.5) is 0 Å². The van der Waals surface area contributed by atoms with Crippen LogP contribution in [0.15, 0.2) is 60.1 Å². The van der Waals surface area contributed by atoms with Crippen LogP contribution >= 0.6 is 11.3 Å². The highest BCUT2D eigenvalue weighted by molar-refractivity contribution is 7.13. The minimum Gasteiger partial charge on any atom is -0.494 e. The van der Waals surface area contributed by atoms with Crippen LogP contribution in [0.3, 0.4) is 0 Å². The van der Waals surface area contributed by atoms with Gasteiger partial charge < -0.3 is 10.1 Å². The fraction of sp³-hybridized carbons (Fsp3) is 0.150. The Kier molecular flexibility index (Phi) is 6.11. The molecule has 0 radical (unpaired) electrons. The first-order valence-corrected chi connectivity index (χ1v) is 9.17. The van der Waals surface area contributed by atoms with Crippen molar-refractivity contribution in [2.24, 2.45) is 0 Å². The molecule has 0 fully saturated rings. The second kappa shape index (κ2) is 8.92. The van der Waals surface area contributed by atoms with Crippen molar-refractivity contribution in [1.29, 1.82) is 0 Å². The van der Waals surface area contributed by atoms with Crippen LogP contribution in [0, 0.1) is 0 Å². The summed E-state index contributed by atoms with van der Waals surface area (Å²) in [5.74, 6) is 0.660. The van der Waals surface area contributed by atoms with Crippen molar-refractivity contribution in [3.63, 3.8) is 0 Å². The molecule has 0 unspecified atom stereocenters. The number of carbonyl (C=O) groups is 1. The number of benzene rings is 1. The Balaban J connectivity index is 1.52. The maximum atomic E-state index is 12.0. The number of pyridine rings is 1. The van der Waals surface area contributed by atoms with E-state index in [2.05, 4.69) is 15.3 Å². The van der Waals surface area contributed by atoms with E-state index in [1.165, 1.54) is 17.4 Å². The second-order valence-corrected chi connectivity index (χ2v) is 6.27. The van der Waals surface area contributed by atoms with Crippen molar-refractivity contribution in [2.75, 3.05) is 6.61 Å². The van der Waals surface area contributed by atoms with Crippen molar-refractivity contribution >= 4 is 23.3 Å². The zero-order valence-electron chi connectivity index (χ0n) is 14.4. The van der Waals surface area contributed by atoms with Crippen LogP contribution in [0.25, 0.3) is 16.8 Å². The summed E-state index contributed by atoms with van der Waals surface area (Å²) in [5.41, 5.74) is 2.60. The van der Waals surface area contributed by atoms with Gasteiger partial charge >= 0.3 is 0 Å². The van der Waals surface area contributed by atoms with Crippen molar-refractivity contribution in [2.45, 2.75) is 13.5 Å². The van der Waals surface area contributed by atoms with E-state index in [9.17, 15) is 4.79 Å². The van der Waals surface area contributed by atoms with Gasteiger partial charge in [0.15, 0.2) is 0 Å². The van der Waals surface area contributed by atoms with Crippen molar-refractivity contribution in [3.05, 3.63) is 71.4 Å². The van der Waals surface area contributed by atoms with Crippen molar-refractivity contribution in [3.8, 4) is 16.5 Å². The molecule has 0 spiro atoms. The molecule has 3 aromatic rings. The highest BCUT2D eigenvalue weighted by Gasteiger charge is 2.06. The largest absolute Gasteiger partial charge is 0.494 e. The third-order valence-electron chi connectivity index (χ3n) is 3.50. The van der Waals surface area contributed by atoms with Gasteiger partial charge in [-0.05, 0) is 42.8 Å². The maximum Gasteiger partial charge on any atom is 0.244 e. The number of thiazole rings is 1. The molecule has 26 heavy (non-hydrogen) atoms. The number of rotatable bonds is 7. The van der Waals surface area contributed by atoms with E-state index in [4.69, 9.17) is 4.74 Å². The molecule has 1 N–H and O–H groups in total. The summed E-state index contributed by atoms with van der Waals surface area (Å²) < 4.78 is 5.39. The molecule has 3 rings (SSSR count). The Morgan fingerprint density at radius 1 is 1.23 bits per heavy atom. The molecular weight excluding hydrogens is 346 g/mol. The lowest BCUT2D eigenvalue weighted by Crippen LogP contribution is -2.20. The predicted molar refractivity (Wildman–Crippen MR) is 104 cm³/mol. The SMILES string of the molecule is CCOc1ccc(/C=C/C(=O)NCc2csc(-c3ccccn3)n2)cc1. The van der Waals surface area contributed by atoms with Gasteiger partial charge in [-0.2, -0.15) is 0 Å². The molecule has 0 atom stereocenters.